The Morgan fingerprint density at radius 3 is 1.91 bits per heavy atom. The van der Waals surface area contributed by atoms with Gasteiger partial charge in [0, 0.05) is 0 Å². The fourth-order valence-electron chi connectivity index (χ4n) is 2.08. The lowest BCUT2D eigenvalue weighted by molar-refractivity contribution is 0.507. The third-order valence-electron chi connectivity index (χ3n) is 2.29. The molecule has 0 aromatic heterocycles. The summed E-state index contributed by atoms with van der Waals surface area (Å²) in [6.07, 6.45) is 3.49. The molecule has 1 aliphatic carbocycles. The molecular weight excluding hydrogens is 132 g/mol. The van der Waals surface area contributed by atoms with E-state index in [0.29, 0.717) is 5.41 Å². The zero-order valence-electron chi connectivity index (χ0n) is 8.28. The van der Waals surface area contributed by atoms with Gasteiger partial charge in [-0.25, -0.2) is 0 Å². The molecule has 0 amide bonds. The summed E-state index contributed by atoms with van der Waals surface area (Å²) in [5.74, 6) is 0. The van der Waals surface area contributed by atoms with E-state index in [1.54, 1.807) is 11.1 Å². The fourth-order valence-corrected chi connectivity index (χ4v) is 2.08. The molecule has 62 valence electrons. The van der Waals surface area contributed by atoms with Gasteiger partial charge in [0.1, 0.15) is 0 Å². The minimum atomic E-state index is 0.334. The molecule has 0 spiro atoms. The maximum Gasteiger partial charge on any atom is -0.0130 e. The van der Waals surface area contributed by atoms with Crippen LogP contribution >= 0.6 is 0 Å². The van der Waals surface area contributed by atoms with Gasteiger partial charge in [0.15, 0.2) is 0 Å². The van der Waals surface area contributed by atoms with Gasteiger partial charge in [0.25, 0.3) is 0 Å². The van der Waals surface area contributed by atoms with Crippen molar-refractivity contribution >= 4 is 0 Å². The Hall–Kier alpha value is -0.520. The first-order valence-electron chi connectivity index (χ1n) is 4.30. The fraction of sp³-hybridized carbons (Fsp3) is 0.636. The third kappa shape index (κ3) is 1.55. The van der Waals surface area contributed by atoms with Gasteiger partial charge in [-0.05, 0) is 31.3 Å². The normalized spacial score (nSPS) is 19.2. The summed E-state index contributed by atoms with van der Waals surface area (Å²) in [6.45, 7) is 11.3. The average Bonchev–Trinajstić information content (AvgIpc) is 2.08. The van der Waals surface area contributed by atoms with Crippen molar-refractivity contribution in [1.29, 1.82) is 0 Å². The molecule has 0 fully saturated rings. The highest BCUT2D eigenvalue weighted by atomic mass is 14.3. The van der Waals surface area contributed by atoms with Gasteiger partial charge in [0.2, 0.25) is 0 Å². The molecule has 0 unspecified atom stereocenters. The van der Waals surface area contributed by atoms with Gasteiger partial charge in [0.05, 0.1) is 0 Å². The number of hydrogen-bond acceptors (Lipinski definition) is 0. The van der Waals surface area contributed by atoms with Gasteiger partial charge in [-0.1, -0.05) is 38.0 Å². The molecule has 0 heterocycles. The van der Waals surface area contributed by atoms with Gasteiger partial charge in [-0.15, -0.1) is 0 Å². The quantitative estimate of drug-likeness (QED) is 0.494. The molecule has 0 atom stereocenters. The van der Waals surface area contributed by atoms with Crippen LogP contribution in [0.5, 0.6) is 0 Å². The second kappa shape index (κ2) is 2.51. The van der Waals surface area contributed by atoms with E-state index in [1.807, 2.05) is 0 Å². The van der Waals surface area contributed by atoms with Crippen molar-refractivity contribution in [1.82, 2.24) is 0 Å². The molecular formula is C11H18. The second-order valence-electron chi connectivity index (χ2n) is 4.50. The maximum atomic E-state index is 2.33. The first-order valence-corrected chi connectivity index (χ1v) is 4.30. The lowest BCUT2D eigenvalue weighted by Crippen LogP contribution is -2.10. The zero-order valence-corrected chi connectivity index (χ0v) is 8.28. The van der Waals surface area contributed by atoms with Crippen LogP contribution in [0.2, 0.25) is 0 Å². The Balaban J connectivity index is 3.03. The summed E-state index contributed by atoms with van der Waals surface area (Å²) < 4.78 is 0. The number of rotatable bonds is 0. The lowest BCUT2D eigenvalue weighted by atomic mass is 9.82. The third-order valence-corrected chi connectivity index (χ3v) is 2.29. The standard InChI is InChI=1S/C11H18/c1-8-6-7-9(2)10(8)11(3,4)5/h6H,7H2,1-5H3. The Kier molecular flexibility index (Phi) is 1.96. The van der Waals surface area contributed by atoms with Crippen molar-refractivity contribution in [2.45, 2.75) is 41.0 Å². The van der Waals surface area contributed by atoms with E-state index in [4.69, 9.17) is 0 Å². The summed E-state index contributed by atoms with van der Waals surface area (Å²) >= 11 is 0. The summed E-state index contributed by atoms with van der Waals surface area (Å²) in [4.78, 5) is 0. The van der Waals surface area contributed by atoms with Crippen LogP contribution in [0.3, 0.4) is 0 Å². The van der Waals surface area contributed by atoms with Crippen LogP contribution in [0, 0.1) is 5.41 Å². The molecule has 1 rings (SSSR count). The van der Waals surface area contributed by atoms with Crippen LogP contribution in [0.4, 0.5) is 0 Å². The maximum absolute atomic E-state index is 2.33. The monoisotopic (exact) mass is 150 g/mol. The van der Waals surface area contributed by atoms with E-state index >= 15 is 0 Å². The summed E-state index contributed by atoms with van der Waals surface area (Å²) in [5.41, 5.74) is 4.93. The molecule has 0 aliphatic heterocycles. The van der Waals surface area contributed by atoms with E-state index in [-0.39, 0.29) is 0 Å². The first kappa shape index (κ1) is 8.58. The highest BCUT2D eigenvalue weighted by Crippen LogP contribution is 2.38. The first-order chi connectivity index (χ1) is 4.93. The van der Waals surface area contributed by atoms with E-state index in [2.05, 4.69) is 40.7 Å². The molecule has 0 bridgehead atoms. The van der Waals surface area contributed by atoms with E-state index in [0.717, 1.165) is 0 Å². The number of hydrogen-bond donors (Lipinski definition) is 0. The minimum absolute atomic E-state index is 0.334. The van der Waals surface area contributed by atoms with E-state index < -0.39 is 0 Å². The SMILES string of the molecule is CC1=CCC(C)=C1C(C)(C)C. The van der Waals surface area contributed by atoms with Crippen molar-refractivity contribution in [3.8, 4) is 0 Å². The predicted octanol–water partition coefficient (Wildman–Crippen LogP) is 3.70. The molecule has 0 heteroatoms. The minimum Gasteiger partial charge on any atom is -0.0772 e. The smallest absolute Gasteiger partial charge is 0.0130 e. The largest absolute Gasteiger partial charge is 0.0772 e. The molecule has 0 saturated carbocycles. The van der Waals surface area contributed by atoms with Crippen LogP contribution in [-0.2, 0) is 0 Å². The van der Waals surface area contributed by atoms with Crippen molar-refractivity contribution < 1.29 is 0 Å². The van der Waals surface area contributed by atoms with Crippen LogP contribution in [-0.4, -0.2) is 0 Å². The molecule has 1 aliphatic rings. The summed E-state index contributed by atoms with van der Waals surface area (Å²) in [5, 5.41) is 0. The Bertz CT molecular complexity index is 221. The summed E-state index contributed by atoms with van der Waals surface area (Å²) in [7, 11) is 0. The zero-order chi connectivity index (χ0) is 8.65. The molecule has 0 saturated heterocycles. The molecule has 0 radical (unpaired) electrons. The highest BCUT2D eigenvalue weighted by Gasteiger charge is 2.23. The van der Waals surface area contributed by atoms with E-state index in [1.165, 1.54) is 12.0 Å². The number of allylic oxidation sites excluding steroid dienone is 4. The van der Waals surface area contributed by atoms with E-state index in [9.17, 15) is 0 Å². The molecule has 0 N–H and O–H groups in total. The topological polar surface area (TPSA) is 0 Å². The van der Waals surface area contributed by atoms with Crippen molar-refractivity contribution in [3.05, 3.63) is 22.8 Å². The second-order valence-corrected chi connectivity index (χ2v) is 4.50. The molecule has 11 heavy (non-hydrogen) atoms. The van der Waals surface area contributed by atoms with Gasteiger partial charge >= 0.3 is 0 Å². The Labute approximate surface area is 70.0 Å². The van der Waals surface area contributed by atoms with Gasteiger partial charge in [-0.2, -0.15) is 0 Å². The molecule has 0 aromatic rings. The van der Waals surface area contributed by atoms with Crippen LogP contribution < -0.4 is 0 Å². The summed E-state index contributed by atoms with van der Waals surface area (Å²) in [6, 6.07) is 0. The van der Waals surface area contributed by atoms with Crippen molar-refractivity contribution in [2.75, 3.05) is 0 Å². The lowest BCUT2D eigenvalue weighted by Gasteiger charge is -2.23. The Morgan fingerprint density at radius 2 is 1.73 bits per heavy atom. The predicted molar refractivity (Wildman–Crippen MR) is 50.5 cm³/mol. The molecule has 0 aromatic carbocycles. The van der Waals surface area contributed by atoms with Crippen LogP contribution in [0.1, 0.15) is 41.0 Å². The van der Waals surface area contributed by atoms with Gasteiger partial charge < -0.3 is 0 Å². The average molecular weight is 150 g/mol. The van der Waals surface area contributed by atoms with Crippen molar-refractivity contribution in [3.63, 3.8) is 0 Å². The molecule has 0 nitrogen and oxygen atoms in total. The van der Waals surface area contributed by atoms with Gasteiger partial charge in [-0.3, -0.25) is 0 Å². The van der Waals surface area contributed by atoms with Crippen LogP contribution in [0.25, 0.3) is 0 Å². The highest BCUT2D eigenvalue weighted by molar-refractivity contribution is 5.43. The van der Waals surface area contributed by atoms with Crippen molar-refractivity contribution in [2.24, 2.45) is 5.41 Å². The Morgan fingerprint density at radius 1 is 1.18 bits per heavy atom. The van der Waals surface area contributed by atoms with Crippen LogP contribution in [0.15, 0.2) is 22.8 Å².